The predicted molar refractivity (Wildman–Crippen MR) is 70.1 cm³/mol. The van der Waals surface area contributed by atoms with Crippen molar-refractivity contribution in [3.63, 3.8) is 0 Å². The number of aliphatic carboxylic acids is 1. The molecule has 0 aliphatic carbocycles. The van der Waals surface area contributed by atoms with Crippen LogP contribution >= 0.6 is 0 Å². The van der Waals surface area contributed by atoms with Gasteiger partial charge in [0.2, 0.25) is 0 Å². The predicted octanol–water partition coefficient (Wildman–Crippen LogP) is 1.59. The number of carbonyl (C=O) groups excluding carboxylic acids is 1. The lowest BCUT2D eigenvalue weighted by Gasteiger charge is -2.28. The molecule has 0 saturated carbocycles. The Hall–Kier alpha value is -1.70. The molecule has 0 fully saturated rings. The third-order valence-electron chi connectivity index (χ3n) is 2.47. The van der Waals surface area contributed by atoms with Crippen molar-refractivity contribution in [3.05, 3.63) is 0 Å². The number of terminal acetylenes is 1. The maximum Gasteiger partial charge on any atom is 0.326 e. The molecule has 18 heavy (non-hydrogen) atoms. The number of carboxylic acid groups (broad SMARTS) is 1. The van der Waals surface area contributed by atoms with Gasteiger partial charge in [0.15, 0.2) is 0 Å². The van der Waals surface area contributed by atoms with Crippen molar-refractivity contribution < 1.29 is 14.7 Å². The average molecular weight is 254 g/mol. The second kappa shape index (κ2) is 6.90. The van der Waals surface area contributed by atoms with Crippen LogP contribution in [0.3, 0.4) is 0 Å². The van der Waals surface area contributed by atoms with Gasteiger partial charge in [-0.1, -0.05) is 40.0 Å². The van der Waals surface area contributed by atoms with Gasteiger partial charge in [-0.15, -0.1) is 6.42 Å². The van der Waals surface area contributed by atoms with Crippen LogP contribution in [-0.4, -0.2) is 29.2 Å². The zero-order chi connectivity index (χ0) is 14.3. The van der Waals surface area contributed by atoms with Crippen LogP contribution in [0.2, 0.25) is 0 Å². The monoisotopic (exact) mass is 254 g/mol. The molecule has 0 radical (unpaired) electrons. The molecule has 5 nitrogen and oxygen atoms in total. The number of urea groups is 1. The van der Waals surface area contributed by atoms with Crippen molar-refractivity contribution in [1.29, 1.82) is 0 Å². The van der Waals surface area contributed by atoms with E-state index in [-0.39, 0.29) is 6.04 Å². The first-order valence-corrected chi connectivity index (χ1v) is 5.98. The average Bonchev–Trinajstić information content (AvgIpc) is 2.23. The fourth-order valence-electron chi connectivity index (χ4n) is 1.47. The molecule has 3 N–H and O–H groups in total. The van der Waals surface area contributed by atoms with Crippen molar-refractivity contribution in [2.24, 2.45) is 5.41 Å². The van der Waals surface area contributed by atoms with Crippen LogP contribution in [0.5, 0.6) is 0 Å². The summed E-state index contributed by atoms with van der Waals surface area (Å²) in [5, 5.41) is 14.1. The highest BCUT2D eigenvalue weighted by molar-refractivity contribution is 5.83. The van der Waals surface area contributed by atoms with E-state index < -0.39 is 23.5 Å². The maximum atomic E-state index is 11.7. The molecule has 0 heterocycles. The first-order valence-electron chi connectivity index (χ1n) is 5.98. The minimum absolute atomic E-state index is 0.371. The van der Waals surface area contributed by atoms with Gasteiger partial charge in [-0.2, -0.15) is 0 Å². The summed E-state index contributed by atoms with van der Waals surface area (Å²) in [5.74, 6) is 1.39. The molecule has 0 rings (SSSR count). The van der Waals surface area contributed by atoms with E-state index in [0.29, 0.717) is 6.42 Å². The van der Waals surface area contributed by atoms with Crippen LogP contribution in [0.1, 0.15) is 40.5 Å². The second-order valence-corrected chi connectivity index (χ2v) is 5.26. The van der Waals surface area contributed by atoms with Crippen molar-refractivity contribution >= 4 is 12.0 Å². The molecule has 0 aromatic heterocycles. The van der Waals surface area contributed by atoms with E-state index in [1.54, 1.807) is 20.8 Å². The van der Waals surface area contributed by atoms with Gasteiger partial charge in [0, 0.05) is 0 Å². The first-order chi connectivity index (χ1) is 8.22. The van der Waals surface area contributed by atoms with Gasteiger partial charge in [0.25, 0.3) is 0 Å². The largest absolute Gasteiger partial charge is 0.480 e. The Labute approximate surface area is 108 Å². The molecule has 0 aromatic rings. The molecule has 102 valence electrons. The molecule has 1 unspecified atom stereocenters. The lowest BCUT2D eigenvalue weighted by Crippen LogP contribution is -2.53. The molecular weight excluding hydrogens is 232 g/mol. The molecular formula is C13H22N2O3. The zero-order valence-corrected chi connectivity index (χ0v) is 11.4. The normalized spacial score (nSPS) is 14.2. The highest BCUT2D eigenvalue weighted by atomic mass is 16.4. The van der Waals surface area contributed by atoms with E-state index in [2.05, 4.69) is 16.6 Å². The third-order valence-corrected chi connectivity index (χ3v) is 2.47. The molecule has 0 spiro atoms. The summed E-state index contributed by atoms with van der Waals surface area (Å²) in [6.07, 6.45) is 6.78. The Balaban J connectivity index is 4.54. The Bertz CT molecular complexity index is 339. The van der Waals surface area contributed by atoms with Gasteiger partial charge in [0.05, 0.1) is 6.04 Å². The molecule has 0 saturated heterocycles. The Kier molecular flexibility index (Phi) is 6.24. The minimum atomic E-state index is -1.06. The number of carbonyl (C=O) groups is 2. The molecule has 5 heteroatoms. The lowest BCUT2D eigenvalue weighted by atomic mass is 9.87. The standard InChI is InChI=1S/C13H22N2O3/c1-6-8-9(7-2)14-12(18)15-10(11(16)17)13(3,4)5/h2,9-10H,6,8H2,1,3-5H3,(H,16,17)(H2,14,15,18)/t9?,10-/m0/s1. The highest BCUT2D eigenvalue weighted by Gasteiger charge is 2.32. The van der Waals surface area contributed by atoms with Crippen LogP contribution in [0, 0.1) is 17.8 Å². The number of hydrogen-bond donors (Lipinski definition) is 3. The summed E-state index contributed by atoms with van der Waals surface area (Å²) in [6.45, 7) is 7.20. The molecule has 0 aliphatic heterocycles. The van der Waals surface area contributed by atoms with Gasteiger partial charge in [-0.3, -0.25) is 0 Å². The van der Waals surface area contributed by atoms with Gasteiger partial charge in [-0.05, 0) is 11.8 Å². The fraction of sp³-hybridized carbons (Fsp3) is 0.692. The Morgan fingerprint density at radius 1 is 1.33 bits per heavy atom. The zero-order valence-electron chi connectivity index (χ0n) is 11.4. The minimum Gasteiger partial charge on any atom is -0.480 e. The first kappa shape index (κ1) is 16.3. The summed E-state index contributed by atoms with van der Waals surface area (Å²) in [6, 6.07) is -1.88. The summed E-state index contributed by atoms with van der Waals surface area (Å²) >= 11 is 0. The molecule has 2 amide bonds. The van der Waals surface area contributed by atoms with Crippen molar-refractivity contribution in [2.75, 3.05) is 0 Å². The lowest BCUT2D eigenvalue weighted by molar-refractivity contribution is -0.141. The van der Waals surface area contributed by atoms with Crippen LogP contribution in [-0.2, 0) is 4.79 Å². The molecule has 2 atom stereocenters. The molecule has 0 bridgehead atoms. The van der Waals surface area contributed by atoms with E-state index in [1.165, 1.54) is 0 Å². The number of nitrogens with one attached hydrogen (secondary N) is 2. The second-order valence-electron chi connectivity index (χ2n) is 5.26. The van der Waals surface area contributed by atoms with E-state index in [0.717, 1.165) is 6.42 Å². The van der Waals surface area contributed by atoms with Crippen LogP contribution in [0.25, 0.3) is 0 Å². The molecule has 0 aliphatic rings. The van der Waals surface area contributed by atoms with Gasteiger partial charge >= 0.3 is 12.0 Å². The smallest absolute Gasteiger partial charge is 0.326 e. The Morgan fingerprint density at radius 3 is 2.22 bits per heavy atom. The van der Waals surface area contributed by atoms with Crippen LogP contribution < -0.4 is 10.6 Å². The van der Waals surface area contributed by atoms with Crippen LogP contribution in [0.15, 0.2) is 0 Å². The number of rotatable bonds is 5. The van der Waals surface area contributed by atoms with Gasteiger partial charge in [-0.25, -0.2) is 9.59 Å². The van der Waals surface area contributed by atoms with Crippen LogP contribution in [0.4, 0.5) is 4.79 Å². The summed E-state index contributed by atoms with van der Waals surface area (Å²) in [5.41, 5.74) is -0.570. The maximum absolute atomic E-state index is 11.7. The van der Waals surface area contributed by atoms with E-state index in [4.69, 9.17) is 11.5 Å². The Morgan fingerprint density at radius 2 is 1.89 bits per heavy atom. The molecule has 0 aromatic carbocycles. The summed E-state index contributed by atoms with van der Waals surface area (Å²) < 4.78 is 0. The number of amides is 2. The van der Waals surface area contributed by atoms with E-state index in [9.17, 15) is 9.59 Å². The highest BCUT2D eigenvalue weighted by Crippen LogP contribution is 2.19. The van der Waals surface area contributed by atoms with E-state index in [1.807, 2.05) is 6.92 Å². The number of hydrogen-bond acceptors (Lipinski definition) is 2. The van der Waals surface area contributed by atoms with Gasteiger partial charge < -0.3 is 15.7 Å². The van der Waals surface area contributed by atoms with Crippen molar-refractivity contribution in [1.82, 2.24) is 10.6 Å². The van der Waals surface area contributed by atoms with Crippen molar-refractivity contribution in [3.8, 4) is 12.3 Å². The quantitative estimate of drug-likeness (QED) is 0.652. The number of carboxylic acids is 1. The van der Waals surface area contributed by atoms with E-state index >= 15 is 0 Å². The third kappa shape index (κ3) is 5.58. The summed E-state index contributed by atoms with van der Waals surface area (Å²) in [4.78, 5) is 22.7. The topological polar surface area (TPSA) is 78.4 Å². The van der Waals surface area contributed by atoms with Crippen molar-refractivity contribution in [2.45, 2.75) is 52.6 Å². The SMILES string of the molecule is C#CC(CCC)NC(=O)N[C@@H](C(=O)O)C(C)(C)C. The summed E-state index contributed by atoms with van der Waals surface area (Å²) in [7, 11) is 0. The van der Waals surface area contributed by atoms with Gasteiger partial charge in [0.1, 0.15) is 6.04 Å². The fourth-order valence-corrected chi connectivity index (χ4v) is 1.47.